The Morgan fingerprint density at radius 2 is 1.95 bits per heavy atom. The number of hydrogen-bond donors (Lipinski definition) is 2. The van der Waals surface area contributed by atoms with E-state index in [0.717, 1.165) is 10.9 Å². The standard InChI is InChI=1S/C15H18BrN3O3/c1-9(20)18-13(10-4-6-11(16)7-5-10)15(22)19-8-2-3-12(19)14(17)21/h4-7,12-13H,2-3,8H2,1H3,(H2,17,21)(H,18,20)/t12-,13?/m0/s1. The molecule has 7 heteroatoms. The van der Waals surface area contributed by atoms with Crippen LogP contribution in [0, 0.1) is 0 Å². The average Bonchev–Trinajstić information content (AvgIpc) is 2.94. The van der Waals surface area contributed by atoms with Crippen LogP contribution in [0.3, 0.4) is 0 Å². The van der Waals surface area contributed by atoms with Gasteiger partial charge in [-0.2, -0.15) is 0 Å². The molecule has 1 aliphatic rings. The second-order valence-electron chi connectivity index (χ2n) is 5.28. The van der Waals surface area contributed by atoms with Gasteiger partial charge in [0.2, 0.25) is 17.7 Å². The predicted molar refractivity (Wildman–Crippen MR) is 84.6 cm³/mol. The number of carbonyl (C=O) groups is 3. The van der Waals surface area contributed by atoms with Gasteiger partial charge in [-0.3, -0.25) is 14.4 Å². The maximum Gasteiger partial charge on any atom is 0.250 e. The lowest BCUT2D eigenvalue weighted by Gasteiger charge is -2.27. The molecule has 2 rings (SSSR count). The lowest BCUT2D eigenvalue weighted by atomic mass is 10.0. The van der Waals surface area contributed by atoms with Crippen molar-refractivity contribution in [3.05, 3.63) is 34.3 Å². The average molecular weight is 368 g/mol. The van der Waals surface area contributed by atoms with Crippen molar-refractivity contribution in [2.75, 3.05) is 6.54 Å². The number of halogens is 1. The molecule has 6 nitrogen and oxygen atoms in total. The molecule has 0 spiro atoms. The van der Waals surface area contributed by atoms with Crippen LogP contribution in [0.1, 0.15) is 31.4 Å². The fourth-order valence-electron chi connectivity index (χ4n) is 2.64. The molecule has 3 N–H and O–H groups in total. The number of rotatable bonds is 4. The number of carbonyl (C=O) groups excluding carboxylic acids is 3. The quantitative estimate of drug-likeness (QED) is 0.834. The zero-order valence-electron chi connectivity index (χ0n) is 12.2. The van der Waals surface area contributed by atoms with Gasteiger partial charge in [-0.1, -0.05) is 28.1 Å². The summed E-state index contributed by atoms with van der Waals surface area (Å²) >= 11 is 3.33. The Bertz CT molecular complexity index is 588. The maximum atomic E-state index is 12.8. The molecule has 0 saturated carbocycles. The Kier molecular flexibility index (Phi) is 5.18. The highest BCUT2D eigenvalue weighted by molar-refractivity contribution is 9.10. The van der Waals surface area contributed by atoms with E-state index in [9.17, 15) is 14.4 Å². The van der Waals surface area contributed by atoms with E-state index >= 15 is 0 Å². The van der Waals surface area contributed by atoms with Gasteiger partial charge >= 0.3 is 0 Å². The number of hydrogen-bond acceptors (Lipinski definition) is 3. The second-order valence-corrected chi connectivity index (χ2v) is 6.19. The van der Waals surface area contributed by atoms with E-state index in [-0.39, 0.29) is 11.8 Å². The Morgan fingerprint density at radius 1 is 1.32 bits per heavy atom. The van der Waals surface area contributed by atoms with Crippen LogP contribution >= 0.6 is 15.9 Å². The van der Waals surface area contributed by atoms with Crippen LogP contribution in [0.5, 0.6) is 0 Å². The van der Waals surface area contributed by atoms with Gasteiger partial charge in [-0.05, 0) is 30.5 Å². The van der Waals surface area contributed by atoms with Crippen molar-refractivity contribution >= 4 is 33.7 Å². The van der Waals surface area contributed by atoms with Crippen LogP contribution in [0.2, 0.25) is 0 Å². The smallest absolute Gasteiger partial charge is 0.250 e. The molecular weight excluding hydrogens is 350 g/mol. The molecule has 0 bridgehead atoms. The van der Waals surface area contributed by atoms with E-state index in [1.54, 1.807) is 24.3 Å². The molecule has 22 heavy (non-hydrogen) atoms. The summed E-state index contributed by atoms with van der Waals surface area (Å²) in [6.07, 6.45) is 1.29. The van der Waals surface area contributed by atoms with E-state index < -0.39 is 18.0 Å². The van der Waals surface area contributed by atoms with Gasteiger partial charge in [0.05, 0.1) is 0 Å². The summed E-state index contributed by atoms with van der Waals surface area (Å²) in [7, 11) is 0. The summed E-state index contributed by atoms with van der Waals surface area (Å²) in [5, 5.41) is 2.65. The minimum Gasteiger partial charge on any atom is -0.368 e. The van der Waals surface area contributed by atoms with Gasteiger partial charge in [0, 0.05) is 17.9 Å². The lowest BCUT2D eigenvalue weighted by molar-refractivity contribution is -0.140. The Hall–Kier alpha value is -1.89. The molecule has 1 fully saturated rings. The van der Waals surface area contributed by atoms with Gasteiger partial charge in [0.25, 0.3) is 0 Å². The van der Waals surface area contributed by atoms with Crippen LogP contribution in [-0.2, 0) is 14.4 Å². The zero-order valence-corrected chi connectivity index (χ0v) is 13.8. The number of primary amides is 1. The van der Waals surface area contributed by atoms with Gasteiger partial charge in [-0.25, -0.2) is 0 Å². The Labute approximate surface area is 137 Å². The van der Waals surface area contributed by atoms with Crippen molar-refractivity contribution in [3.8, 4) is 0 Å². The maximum absolute atomic E-state index is 12.8. The number of nitrogens with one attached hydrogen (secondary N) is 1. The monoisotopic (exact) mass is 367 g/mol. The lowest BCUT2D eigenvalue weighted by Crippen LogP contribution is -2.48. The fourth-order valence-corrected chi connectivity index (χ4v) is 2.90. The molecule has 1 heterocycles. The fraction of sp³-hybridized carbons (Fsp3) is 0.400. The second kappa shape index (κ2) is 6.91. The summed E-state index contributed by atoms with van der Waals surface area (Å²) in [6, 6.07) is 5.71. The van der Waals surface area contributed by atoms with Crippen LogP contribution in [0.15, 0.2) is 28.7 Å². The third-order valence-electron chi connectivity index (χ3n) is 3.66. The number of amides is 3. The largest absolute Gasteiger partial charge is 0.368 e. The molecular formula is C15H18BrN3O3. The van der Waals surface area contributed by atoms with E-state index in [0.29, 0.717) is 18.5 Å². The van der Waals surface area contributed by atoms with Crippen LogP contribution in [0.4, 0.5) is 0 Å². The van der Waals surface area contributed by atoms with E-state index in [4.69, 9.17) is 5.73 Å². The summed E-state index contributed by atoms with van der Waals surface area (Å²) < 4.78 is 0.876. The van der Waals surface area contributed by atoms with E-state index in [2.05, 4.69) is 21.2 Å². The molecule has 0 radical (unpaired) electrons. The van der Waals surface area contributed by atoms with Crippen molar-refractivity contribution < 1.29 is 14.4 Å². The molecule has 1 saturated heterocycles. The van der Waals surface area contributed by atoms with Gasteiger partial charge in [-0.15, -0.1) is 0 Å². The highest BCUT2D eigenvalue weighted by Gasteiger charge is 2.36. The number of benzene rings is 1. The number of likely N-dealkylation sites (tertiary alicyclic amines) is 1. The zero-order chi connectivity index (χ0) is 16.3. The minimum absolute atomic E-state index is 0.307. The molecule has 1 unspecified atom stereocenters. The van der Waals surface area contributed by atoms with Crippen molar-refractivity contribution in [1.29, 1.82) is 0 Å². The molecule has 118 valence electrons. The van der Waals surface area contributed by atoms with Gasteiger partial charge in [0.15, 0.2) is 0 Å². The third kappa shape index (κ3) is 3.65. The van der Waals surface area contributed by atoms with Crippen molar-refractivity contribution in [1.82, 2.24) is 10.2 Å². The molecule has 0 aromatic heterocycles. The van der Waals surface area contributed by atoms with Crippen LogP contribution in [0.25, 0.3) is 0 Å². The topological polar surface area (TPSA) is 92.5 Å². The first-order valence-electron chi connectivity index (χ1n) is 7.02. The SMILES string of the molecule is CC(=O)NC(C(=O)N1CCC[C@H]1C(N)=O)c1ccc(Br)cc1. The van der Waals surface area contributed by atoms with Crippen molar-refractivity contribution in [3.63, 3.8) is 0 Å². The third-order valence-corrected chi connectivity index (χ3v) is 4.19. The number of nitrogens with zero attached hydrogens (tertiary/aromatic N) is 1. The van der Waals surface area contributed by atoms with E-state index in [1.165, 1.54) is 11.8 Å². The van der Waals surface area contributed by atoms with E-state index in [1.807, 2.05) is 0 Å². The summed E-state index contributed by atoms with van der Waals surface area (Å²) in [4.78, 5) is 37.2. The highest BCUT2D eigenvalue weighted by atomic mass is 79.9. The van der Waals surface area contributed by atoms with Crippen LogP contribution < -0.4 is 11.1 Å². The Balaban J connectivity index is 2.28. The van der Waals surface area contributed by atoms with Gasteiger partial charge < -0.3 is 16.0 Å². The van der Waals surface area contributed by atoms with Crippen molar-refractivity contribution in [2.24, 2.45) is 5.73 Å². The highest BCUT2D eigenvalue weighted by Crippen LogP contribution is 2.24. The summed E-state index contributed by atoms with van der Waals surface area (Å²) in [6.45, 7) is 1.83. The normalized spacial score (nSPS) is 18.8. The first kappa shape index (κ1) is 16.5. The first-order chi connectivity index (χ1) is 10.4. The minimum atomic E-state index is -0.814. The summed E-state index contributed by atoms with van der Waals surface area (Å²) in [5.41, 5.74) is 6.02. The predicted octanol–water partition coefficient (Wildman–Crippen LogP) is 1.10. The molecule has 1 aromatic rings. The van der Waals surface area contributed by atoms with Crippen LogP contribution in [-0.4, -0.2) is 35.2 Å². The summed E-state index contributed by atoms with van der Waals surface area (Å²) in [5.74, 6) is -1.13. The van der Waals surface area contributed by atoms with Crippen molar-refractivity contribution in [2.45, 2.75) is 31.8 Å². The Morgan fingerprint density at radius 3 is 2.50 bits per heavy atom. The first-order valence-corrected chi connectivity index (χ1v) is 7.82. The molecule has 1 aromatic carbocycles. The number of nitrogens with two attached hydrogens (primary N) is 1. The molecule has 3 amide bonds. The molecule has 2 atom stereocenters. The molecule has 1 aliphatic heterocycles. The molecule has 0 aliphatic carbocycles. The van der Waals surface area contributed by atoms with Gasteiger partial charge in [0.1, 0.15) is 12.1 Å².